The van der Waals surface area contributed by atoms with Crippen molar-refractivity contribution in [2.45, 2.75) is 24.1 Å². The molecule has 1 atom stereocenters. The lowest BCUT2D eigenvalue weighted by Crippen LogP contribution is -2.33. The minimum absolute atomic E-state index is 0.0766. The summed E-state index contributed by atoms with van der Waals surface area (Å²) in [6.07, 6.45) is 2.05. The van der Waals surface area contributed by atoms with Crippen molar-refractivity contribution in [2.24, 2.45) is 0 Å². The van der Waals surface area contributed by atoms with Gasteiger partial charge in [0, 0.05) is 13.2 Å². The first-order valence-corrected chi connectivity index (χ1v) is 11.6. The van der Waals surface area contributed by atoms with Crippen LogP contribution in [0, 0.1) is 0 Å². The van der Waals surface area contributed by atoms with Crippen molar-refractivity contribution in [1.82, 2.24) is 14.9 Å². The lowest BCUT2D eigenvalue weighted by Gasteiger charge is -2.14. The van der Waals surface area contributed by atoms with Crippen LogP contribution < -0.4 is 10.9 Å². The third-order valence-electron chi connectivity index (χ3n) is 4.50. The summed E-state index contributed by atoms with van der Waals surface area (Å²) in [5.74, 6) is -0.0265. The van der Waals surface area contributed by atoms with Crippen molar-refractivity contribution in [3.8, 4) is 5.69 Å². The fourth-order valence-corrected chi connectivity index (χ4v) is 5.06. The number of amides is 1. The molecule has 152 valence electrons. The predicted molar refractivity (Wildman–Crippen MR) is 118 cm³/mol. The fraction of sp³-hybridized carbons (Fsp3) is 0.316. The van der Waals surface area contributed by atoms with Crippen LogP contribution in [0.25, 0.3) is 15.9 Å². The molecule has 1 aliphatic rings. The summed E-state index contributed by atoms with van der Waals surface area (Å²) < 4.78 is 7.46. The van der Waals surface area contributed by atoms with E-state index < -0.39 is 0 Å². The van der Waals surface area contributed by atoms with E-state index in [9.17, 15) is 9.59 Å². The highest BCUT2D eigenvalue weighted by molar-refractivity contribution is 7.99. The number of thioether (sulfide) groups is 1. The quantitative estimate of drug-likeness (QED) is 0.433. The molecule has 29 heavy (non-hydrogen) atoms. The Morgan fingerprint density at radius 3 is 3.03 bits per heavy atom. The number of benzene rings is 1. The van der Waals surface area contributed by atoms with E-state index in [1.165, 1.54) is 27.7 Å². The Kier molecular flexibility index (Phi) is 6.46. The summed E-state index contributed by atoms with van der Waals surface area (Å²) in [4.78, 5) is 30.0. The van der Waals surface area contributed by atoms with Gasteiger partial charge in [0.15, 0.2) is 5.16 Å². The molecule has 1 amide bonds. The maximum absolute atomic E-state index is 13.1. The second kappa shape index (κ2) is 9.06. The monoisotopic (exact) mass is 469 g/mol. The SMILES string of the molecule is O=C(CSc1nc2ccsc2c(=O)n1-c1cccc(Cl)c1Cl)NC[C@H]1CCCO1. The summed E-state index contributed by atoms with van der Waals surface area (Å²) in [6.45, 7) is 1.23. The number of hydrogen-bond acceptors (Lipinski definition) is 6. The highest BCUT2D eigenvalue weighted by atomic mass is 35.5. The van der Waals surface area contributed by atoms with Gasteiger partial charge in [0.1, 0.15) is 4.70 Å². The van der Waals surface area contributed by atoms with Gasteiger partial charge in [-0.2, -0.15) is 0 Å². The molecule has 1 saturated heterocycles. The second-order valence-corrected chi connectivity index (χ2v) is 9.11. The van der Waals surface area contributed by atoms with Crippen molar-refractivity contribution in [3.05, 3.63) is 50.0 Å². The molecule has 0 saturated carbocycles. The molecule has 6 nitrogen and oxygen atoms in total. The molecule has 3 heterocycles. The van der Waals surface area contributed by atoms with E-state index in [0.29, 0.717) is 32.6 Å². The first kappa shape index (κ1) is 20.7. The zero-order chi connectivity index (χ0) is 20.4. The van der Waals surface area contributed by atoms with Crippen molar-refractivity contribution >= 4 is 62.4 Å². The van der Waals surface area contributed by atoms with Crippen LogP contribution in [0.1, 0.15) is 12.8 Å². The van der Waals surface area contributed by atoms with Crippen LogP contribution in [-0.2, 0) is 9.53 Å². The van der Waals surface area contributed by atoms with Crippen molar-refractivity contribution in [1.29, 1.82) is 0 Å². The Balaban J connectivity index is 1.61. The van der Waals surface area contributed by atoms with Crippen LogP contribution in [0.4, 0.5) is 0 Å². The topological polar surface area (TPSA) is 73.2 Å². The first-order valence-electron chi connectivity index (χ1n) is 9.00. The van der Waals surface area contributed by atoms with Gasteiger partial charge in [-0.1, -0.05) is 41.0 Å². The Labute approximate surface area is 185 Å². The molecule has 1 aliphatic heterocycles. The Morgan fingerprint density at radius 1 is 1.38 bits per heavy atom. The van der Waals surface area contributed by atoms with Gasteiger partial charge in [-0.3, -0.25) is 14.2 Å². The molecule has 4 rings (SSSR count). The van der Waals surface area contributed by atoms with Gasteiger partial charge in [-0.25, -0.2) is 4.98 Å². The molecule has 3 aromatic rings. The number of nitrogens with one attached hydrogen (secondary N) is 1. The molecular weight excluding hydrogens is 453 g/mol. The first-order chi connectivity index (χ1) is 14.0. The van der Waals surface area contributed by atoms with Crippen LogP contribution >= 0.6 is 46.3 Å². The number of rotatable bonds is 6. The molecule has 0 aliphatic carbocycles. The van der Waals surface area contributed by atoms with E-state index in [1.54, 1.807) is 24.3 Å². The summed E-state index contributed by atoms with van der Waals surface area (Å²) in [7, 11) is 0. The van der Waals surface area contributed by atoms with Gasteiger partial charge in [-0.05, 0) is 36.4 Å². The zero-order valence-electron chi connectivity index (χ0n) is 15.2. The molecule has 0 spiro atoms. The molecular formula is C19H17Cl2N3O3S2. The number of carbonyl (C=O) groups is 1. The van der Waals surface area contributed by atoms with Crippen LogP contribution in [-0.4, -0.2) is 40.5 Å². The van der Waals surface area contributed by atoms with Gasteiger partial charge in [-0.15, -0.1) is 11.3 Å². The molecule has 0 radical (unpaired) electrons. The Hall–Kier alpha value is -1.58. The van der Waals surface area contributed by atoms with E-state index in [-0.39, 0.29) is 28.3 Å². The van der Waals surface area contributed by atoms with E-state index in [2.05, 4.69) is 10.3 Å². The molecule has 1 aromatic carbocycles. The molecule has 1 fully saturated rings. The van der Waals surface area contributed by atoms with Crippen molar-refractivity contribution in [2.75, 3.05) is 18.9 Å². The minimum Gasteiger partial charge on any atom is -0.376 e. The molecule has 1 N–H and O–H groups in total. The van der Waals surface area contributed by atoms with Gasteiger partial charge in [0.05, 0.1) is 33.1 Å². The lowest BCUT2D eigenvalue weighted by atomic mass is 10.2. The van der Waals surface area contributed by atoms with E-state index in [0.717, 1.165) is 19.4 Å². The summed E-state index contributed by atoms with van der Waals surface area (Å²) in [6, 6.07) is 6.86. The number of nitrogens with zero attached hydrogens (tertiary/aromatic N) is 2. The summed E-state index contributed by atoms with van der Waals surface area (Å²) in [5.41, 5.74) is 0.794. The van der Waals surface area contributed by atoms with Crippen molar-refractivity contribution < 1.29 is 9.53 Å². The summed E-state index contributed by atoms with van der Waals surface area (Å²) in [5, 5.41) is 5.68. The molecule has 10 heteroatoms. The van der Waals surface area contributed by atoms with Gasteiger partial charge in [0.25, 0.3) is 5.56 Å². The molecule has 0 unspecified atom stereocenters. The third-order valence-corrected chi connectivity index (χ3v) is 7.14. The smallest absolute Gasteiger partial charge is 0.276 e. The number of halogens is 2. The van der Waals surface area contributed by atoms with E-state index >= 15 is 0 Å². The number of aromatic nitrogens is 2. The Morgan fingerprint density at radius 2 is 2.24 bits per heavy atom. The average molecular weight is 470 g/mol. The maximum Gasteiger partial charge on any atom is 0.276 e. The molecule has 2 aromatic heterocycles. The number of thiophene rings is 1. The van der Waals surface area contributed by atoms with Crippen molar-refractivity contribution in [3.63, 3.8) is 0 Å². The lowest BCUT2D eigenvalue weighted by molar-refractivity contribution is -0.119. The normalized spacial score (nSPS) is 16.4. The number of hydrogen-bond donors (Lipinski definition) is 1. The van der Waals surface area contributed by atoms with Crippen LogP contribution in [0.3, 0.4) is 0 Å². The number of carbonyl (C=O) groups excluding carboxylic acids is 1. The van der Waals surface area contributed by atoms with Gasteiger partial charge < -0.3 is 10.1 Å². The van der Waals surface area contributed by atoms with E-state index in [1.807, 2.05) is 5.38 Å². The second-order valence-electron chi connectivity index (χ2n) is 6.47. The predicted octanol–water partition coefficient (Wildman–Crippen LogP) is 4.14. The Bertz CT molecular complexity index is 1110. The standard InChI is InChI=1S/C19H17Cl2N3O3S2/c20-12-4-1-5-14(16(12)21)24-18(26)17-13(6-8-28-17)23-19(24)29-10-15(25)22-9-11-3-2-7-27-11/h1,4-6,8,11H,2-3,7,9-10H2,(H,22,25)/t11-/m1/s1. The average Bonchev–Trinajstić information content (AvgIpc) is 3.39. The summed E-state index contributed by atoms with van der Waals surface area (Å²) >= 11 is 15.0. The van der Waals surface area contributed by atoms with Crippen LogP contribution in [0.5, 0.6) is 0 Å². The van der Waals surface area contributed by atoms with Gasteiger partial charge >= 0.3 is 0 Å². The maximum atomic E-state index is 13.1. The zero-order valence-corrected chi connectivity index (χ0v) is 18.3. The third kappa shape index (κ3) is 4.46. The van der Waals surface area contributed by atoms with Crippen LogP contribution in [0.15, 0.2) is 39.6 Å². The fourth-order valence-electron chi connectivity index (χ4n) is 3.08. The van der Waals surface area contributed by atoms with Gasteiger partial charge in [0.2, 0.25) is 5.91 Å². The van der Waals surface area contributed by atoms with Crippen LogP contribution in [0.2, 0.25) is 10.0 Å². The van der Waals surface area contributed by atoms with E-state index in [4.69, 9.17) is 27.9 Å². The highest BCUT2D eigenvalue weighted by Gasteiger charge is 2.19. The number of ether oxygens (including phenoxy) is 1. The molecule has 0 bridgehead atoms. The highest BCUT2D eigenvalue weighted by Crippen LogP contribution is 2.31. The number of fused-ring (bicyclic) bond motifs is 1. The largest absolute Gasteiger partial charge is 0.376 e. The minimum atomic E-state index is -0.239.